The van der Waals surface area contributed by atoms with Gasteiger partial charge < -0.3 is 20.0 Å². The number of rotatable bonds is 5. The molecular formula is C21H25N3O4. The van der Waals surface area contributed by atoms with E-state index in [1.807, 2.05) is 0 Å². The normalized spacial score (nSPS) is 16.6. The fourth-order valence-electron chi connectivity index (χ4n) is 4.34. The number of benzene rings is 1. The second-order valence-electron chi connectivity index (χ2n) is 7.58. The molecule has 1 aromatic carbocycles. The number of nitrogens with one attached hydrogen (secondary N) is 2. The van der Waals surface area contributed by atoms with Crippen LogP contribution in [0.3, 0.4) is 0 Å². The molecule has 3 heterocycles. The molecule has 1 amide bonds. The summed E-state index contributed by atoms with van der Waals surface area (Å²) in [6.07, 6.45) is 4.03. The van der Waals surface area contributed by atoms with Crippen LogP contribution in [0.25, 0.3) is 11.0 Å². The van der Waals surface area contributed by atoms with Crippen LogP contribution in [-0.4, -0.2) is 44.4 Å². The summed E-state index contributed by atoms with van der Waals surface area (Å²) in [7, 11) is 1.65. The highest BCUT2D eigenvalue weighted by Gasteiger charge is 2.27. The SMILES string of the molecule is CNC(CNC(=O)c1cc2cc3c4c(c2oc1=O)CCCN4CCC3)C(C)=O. The van der Waals surface area contributed by atoms with Gasteiger partial charge in [0.25, 0.3) is 5.91 Å². The molecule has 0 spiro atoms. The molecule has 148 valence electrons. The van der Waals surface area contributed by atoms with Crippen LogP contribution in [0.2, 0.25) is 0 Å². The Balaban J connectivity index is 1.71. The van der Waals surface area contributed by atoms with Crippen LogP contribution < -0.4 is 21.2 Å². The van der Waals surface area contributed by atoms with Gasteiger partial charge in [0.1, 0.15) is 16.9 Å². The predicted octanol–water partition coefficient (Wildman–Crippen LogP) is 1.40. The molecule has 0 saturated carbocycles. The number of likely N-dealkylation sites (N-methyl/N-ethyl adjacent to an activating group) is 1. The van der Waals surface area contributed by atoms with Crippen molar-refractivity contribution in [1.29, 1.82) is 0 Å². The van der Waals surface area contributed by atoms with Gasteiger partial charge in [-0.1, -0.05) is 0 Å². The quantitative estimate of drug-likeness (QED) is 0.759. The Hall–Kier alpha value is -2.67. The molecule has 1 unspecified atom stereocenters. The van der Waals surface area contributed by atoms with Crippen molar-refractivity contribution in [2.45, 2.75) is 38.6 Å². The summed E-state index contributed by atoms with van der Waals surface area (Å²) in [4.78, 5) is 39.0. The van der Waals surface area contributed by atoms with E-state index in [-0.39, 0.29) is 17.9 Å². The van der Waals surface area contributed by atoms with Crippen LogP contribution in [0, 0.1) is 0 Å². The van der Waals surface area contributed by atoms with Crippen molar-refractivity contribution in [1.82, 2.24) is 10.6 Å². The Labute approximate surface area is 163 Å². The van der Waals surface area contributed by atoms with Crippen molar-refractivity contribution >= 4 is 28.3 Å². The predicted molar refractivity (Wildman–Crippen MR) is 107 cm³/mol. The standard InChI is InChI=1S/C21H25N3O4/c1-12(25)17(22-2)11-23-20(26)16-10-14-9-13-5-3-7-24-8-4-6-15(18(13)24)19(14)28-21(16)27/h9-10,17,22H,3-8,11H2,1-2H3,(H,23,26). The van der Waals surface area contributed by atoms with E-state index in [0.29, 0.717) is 5.58 Å². The largest absolute Gasteiger partial charge is 0.422 e. The fraction of sp³-hybridized carbons (Fsp3) is 0.476. The van der Waals surface area contributed by atoms with Gasteiger partial charge in [-0.3, -0.25) is 9.59 Å². The molecular weight excluding hydrogens is 358 g/mol. The highest BCUT2D eigenvalue weighted by Crippen LogP contribution is 2.39. The van der Waals surface area contributed by atoms with Gasteiger partial charge >= 0.3 is 5.63 Å². The molecule has 0 aliphatic carbocycles. The van der Waals surface area contributed by atoms with Crippen LogP contribution in [0.1, 0.15) is 41.3 Å². The first-order valence-corrected chi connectivity index (χ1v) is 9.83. The van der Waals surface area contributed by atoms with E-state index in [9.17, 15) is 14.4 Å². The number of carbonyl (C=O) groups excluding carboxylic acids is 2. The molecule has 2 N–H and O–H groups in total. The van der Waals surface area contributed by atoms with Crippen LogP contribution in [-0.2, 0) is 17.6 Å². The van der Waals surface area contributed by atoms with Gasteiger partial charge in [0.05, 0.1) is 6.04 Å². The van der Waals surface area contributed by atoms with Crippen LogP contribution in [0.15, 0.2) is 21.3 Å². The molecule has 0 fully saturated rings. The molecule has 1 aromatic heterocycles. The van der Waals surface area contributed by atoms with Crippen molar-refractivity contribution in [2.24, 2.45) is 0 Å². The molecule has 0 bridgehead atoms. The molecule has 2 aliphatic rings. The number of ketones is 1. The van der Waals surface area contributed by atoms with Crippen molar-refractivity contribution in [3.8, 4) is 0 Å². The van der Waals surface area contributed by atoms with Crippen LogP contribution >= 0.6 is 0 Å². The van der Waals surface area contributed by atoms with Crippen molar-refractivity contribution in [2.75, 3.05) is 31.6 Å². The molecule has 2 aliphatic heterocycles. The maximum absolute atomic E-state index is 12.5. The van der Waals surface area contributed by atoms with E-state index in [1.165, 1.54) is 18.2 Å². The fourth-order valence-corrected chi connectivity index (χ4v) is 4.34. The molecule has 2 aromatic rings. The number of amides is 1. The molecule has 1 atom stereocenters. The van der Waals surface area contributed by atoms with E-state index < -0.39 is 17.6 Å². The topological polar surface area (TPSA) is 91.7 Å². The summed E-state index contributed by atoms with van der Waals surface area (Å²) in [5.41, 5.74) is 3.52. The Bertz CT molecular complexity index is 1010. The Morgan fingerprint density at radius 1 is 1.21 bits per heavy atom. The maximum Gasteiger partial charge on any atom is 0.349 e. The van der Waals surface area contributed by atoms with Gasteiger partial charge in [0, 0.05) is 36.3 Å². The van der Waals surface area contributed by atoms with E-state index in [2.05, 4.69) is 21.6 Å². The van der Waals surface area contributed by atoms with Gasteiger partial charge in [0.15, 0.2) is 0 Å². The Morgan fingerprint density at radius 2 is 1.96 bits per heavy atom. The molecule has 7 heteroatoms. The third-order valence-electron chi connectivity index (χ3n) is 5.77. The number of carbonyl (C=O) groups is 2. The van der Waals surface area contributed by atoms with E-state index in [0.717, 1.165) is 49.7 Å². The molecule has 7 nitrogen and oxygen atoms in total. The molecule has 0 saturated heterocycles. The highest BCUT2D eigenvalue weighted by molar-refractivity contribution is 5.98. The van der Waals surface area contributed by atoms with Crippen LogP contribution in [0.5, 0.6) is 0 Å². The minimum absolute atomic E-state index is 0.0264. The zero-order valence-electron chi connectivity index (χ0n) is 16.3. The molecule has 0 radical (unpaired) electrons. The lowest BCUT2D eigenvalue weighted by Crippen LogP contribution is -2.44. The minimum Gasteiger partial charge on any atom is -0.422 e. The first-order chi connectivity index (χ1) is 13.5. The van der Waals surface area contributed by atoms with E-state index in [4.69, 9.17) is 4.42 Å². The number of aryl methyl sites for hydroxylation is 2. The average molecular weight is 383 g/mol. The van der Waals surface area contributed by atoms with Crippen molar-refractivity contribution in [3.05, 3.63) is 39.2 Å². The smallest absolute Gasteiger partial charge is 0.349 e. The summed E-state index contributed by atoms with van der Waals surface area (Å²) in [5, 5.41) is 6.29. The Kier molecular flexibility index (Phi) is 4.93. The van der Waals surface area contributed by atoms with Crippen molar-refractivity contribution in [3.63, 3.8) is 0 Å². The zero-order chi connectivity index (χ0) is 19.8. The second-order valence-corrected chi connectivity index (χ2v) is 7.58. The monoisotopic (exact) mass is 383 g/mol. The number of Topliss-reactive ketones (excluding diaryl/α,β-unsaturated/α-hetero) is 1. The lowest BCUT2D eigenvalue weighted by molar-refractivity contribution is -0.118. The summed E-state index contributed by atoms with van der Waals surface area (Å²) in [6, 6.07) is 3.19. The van der Waals surface area contributed by atoms with Gasteiger partial charge in [-0.2, -0.15) is 0 Å². The summed E-state index contributed by atoms with van der Waals surface area (Å²) in [5.74, 6) is -0.603. The average Bonchev–Trinajstić information content (AvgIpc) is 2.68. The number of fused-ring (bicyclic) bond motifs is 2. The lowest BCUT2D eigenvalue weighted by atomic mass is 9.90. The summed E-state index contributed by atoms with van der Waals surface area (Å²) in [6.45, 7) is 3.65. The first-order valence-electron chi connectivity index (χ1n) is 9.83. The van der Waals surface area contributed by atoms with E-state index in [1.54, 1.807) is 13.1 Å². The highest BCUT2D eigenvalue weighted by atomic mass is 16.4. The van der Waals surface area contributed by atoms with Crippen LogP contribution in [0.4, 0.5) is 5.69 Å². The number of anilines is 1. The summed E-state index contributed by atoms with van der Waals surface area (Å²) >= 11 is 0. The number of hydrogen-bond donors (Lipinski definition) is 2. The van der Waals surface area contributed by atoms with Gasteiger partial charge in [-0.05, 0) is 57.4 Å². The van der Waals surface area contributed by atoms with Gasteiger partial charge in [-0.25, -0.2) is 4.79 Å². The summed E-state index contributed by atoms with van der Waals surface area (Å²) < 4.78 is 5.64. The van der Waals surface area contributed by atoms with E-state index >= 15 is 0 Å². The minimum atomic E-state index is -0.641. The van der Waals surface area contributed by atoms with Crippen molar-refractivity contribution < 1.29 is 14.0 Å². The number of hydrogen-bond acceptors (Lipinski definition) is 6. The zero-order valence-corrected chi connectivity index (χ0v) is 16.3. The molecule has 4 rings (SSSR count). The first kappa shape index (κ1) is 18.7. The lowest BCUT2D eigenvalue weighted by Gasteiger charge is -2.37. The third kappa shape index (κ3) is 3.20. The Morgan fingerprint density at radius 3 is 2.68 bits per heavy atom. The third-order valence-corrected chi connectivity index (χ3v) is 5.77. The maximum atomic E-state index is 12.5. The second kappa shape index (κ2) is 7.39. The van der Waals surface area contributed by atoms with Gasteiger partial charge in [0.2, 0.25) is 0 Å². The van der Waals surface area contributed by atoms with Gasteiger partial charge in [-0.15, -0.1) is 0 Å². The molecule has 28 heavy (non-hydrogen) atoms. The number of nitrogens with zero attached hydrogens (tertiary/aromatic N) is 1.